The minimum Gasteiger partial charge on any atom is -0.368 e. The van der Waals surface area contributed by atoms with Gasteiger partial charge in [-0.1, -0.05) is 13.3 Å². The standard InChI is InChI=1S/C28H42N4O2/c1-8-10-23-19(4)21(6)30-28(34)25(23)17-29-27(33)24-15-18(3)16-26(20(24)5)32(9-2)22-11-13-31(7)14-12-22/h15-16,22H,8-14,17H2,1-7H3,(H,29,33)(H,30,34). The van der Waals surface area contributed by atoms with Gasteiger partial charge in [0.2, 0.25) is 0 Å². The van der Waals surface area contributed by atoms with Crippen molar-refractivity contribution in [2.75, 3.05) is 31.6 Å². The second kappa shape index (κ2) is 11.2. The average Bonchev–Trinajstić information content (AvgIpc) is 2.80. The Morgan fingerprint density at radius 2 is 1.76 bits per heavy atom. The molecule has 3 rings (SSSR count). The number of piperidine rings is 1. The first kappa shape index (κ1) is 26.0. The summed E-state index contributed by atoms with van der Waals surface area (Å²) in [5.41, 5.74) is 7.56. The number of benzene rings is 1. The molecule has 34 heavy (non-hydrogen) atoms. The molecule has 6 heteroatoms. The van der Waals surface area contributed by atoms with Crippen molar-refractivity contribution in [1.29, 1.82) is 0 Å². The molecule has 0 spiro atoms. The Kier molecular flexibility index (Phi) is 8.58. The summed E-state index contributed by atoms with van der Waals surface area (Å²) in [5, 5.41) is 3.06. The molecular weight excluding hydrogens is 424 g/mol. The predicted molar refractivity (Wildman–Crippen MR) is 141 cm³/mol. The van der Waals surface area contributed by atoms with Crippen LogP contribution >= 0.6 is 0 Å². The summed E-state index contributed by atoms with van der Waals surface area (Å²) in [5.74, 6) is -0.123. The highest BCUT2D eigenvalue weighted by molar-refractivity contribution is 5.97. The first-order valence-electron chi connectivity index (χ1n) is 12.7. The van der Waals surface area contributed by atoms with Crippen LogP contribution in [-0.4, -0.2) is 48.5 Å². The van der Waals surface area contributed by atoms with Gasteiger partial charge in [-0.15, -0.1) is 0 Å². The quantitative estimate of drug-likeness (QED) is 0.605. The molecule has 0 saturated carbocycles. The summed E-state index contributed by atoms with van der Waals surface area (Å²) in [6.45, 7) is 15.7. The molecular formula is C28H42N4O2. The maximum atomic E-state index is 13.4. The van der Waals surface area contributed by atoms with Gasteiger partial charge in [-0.25, -0.2) is 0 Å². The molecule has 1 aliphatic rings. The lowest BCUT2D eigenvalue weighted by Gasteiger charge is -2.39. The topological polar surface area (TPSA) is 68.4 Å². The Labute approximate surface area is 204 Å². The number of likely N-dealkylation sites (tertiary alicyclic amines) is 1. The van der Waals surface area contributed by atoms with Gasteiger partial charge in [-0.05, 0) is 108 Å². The van der Waals surface area contributed by atoms with Crippen LogP contribution in [0.15, 0.2) is 16.9 Å². The van der Waals surface area contributed by atoms with Crippen molar-refractivity contribution in [2.45, 2.75) is 79.8 Å². The fourth-order valence-electron chi connectivity index (χ4n) is 5.27. The third kappa shape index (κ3) is 5.54. The molecule has 2 N–H and O–H groups in total. The van der Waals surface area contributed by atoms with Gasteiger partial charge < -0.3 is 20.1 Å². The highest BCUT2D eigenvalue weighted by Gasteiger charge is 2.25. The number of rotatable bonds is 8. The third-order valence-corrected chi connectivity index (χ3v) is 7.43. The number of amides is 1. The van der Waals surface area contributed by atoms with Crippen molar-refractivity contribution in [3.8, 4) is 0 Å². The zero-order valence-corrected chi connectivity index (χ0v) is 22.1. The maximum Gasteiger partial charge on any atom is 0.253 e. The van der Waals surface area contributed by atoms with Gasteiger partial charge in [0.15, 0.2) is 0 Å². The van der Waals surface area contributed by atoms with Crippen LogP contribution in [0, 0.1) is 27.7 Å². The van der Waals surface area contributed by atoms with Crippen LogP contribution in [0.2, 0.25) is 0 Å². The van der Waals surface area contributed by atoms with Gasteiger partial charge in [0.05, 0.1) is 0 Å². The number of hydrogen-bond donors (Lipinski definition) is 2. The molecule has 1 aliphatic heterocycles. The van der Waals surface area contributed by atoms with Gasteiger partial charge in [-0.2, -0.15) is 0 Å². The van der Waals surface area contributed by atoms with Crippen molar-refractivity contribution in [1.82, 2.24) is 15.2 Å². The van der Waals surface area contributed by atoms with Gasteiger partial charge in [0, 0.05) is 41.6 Å². The molecule has 0 unspecified atom stereocenters. The first-order chi connectivity index (χ1) is 16.2. The van der Waals surface area contributed by atoms with E-state index in [9.17, 15) is 9.59 Å². The van der Waals surface area contributed by atoms with Crippen LogP contribution in [-0.2, 0) is 13.0 Å². The van der Waals surface area contributed by atoms with Crippen LogP contribution < -0.4 is 15.8 Å². The van der Waals surface area contributed by atoms with Crippen molar-refractivity contribution in [3.63, 3.8) is 0 Å². The van der Waals surface area contributed by atoms with Gasteiger partial charge in [-0.3, -0.25) is 9.59 Å². The number of carbonyl (C=O) groups excluding carboxylic acids is 1. The summed E-state index contributed by atoms with van der Waals surface area (Å²) in [6, 6.07) is 4.67. The Morgan fingerprint density at radius 3 is 2.38 bits per heavy atom. The molecule has 0 atom stereocenters. The Bertz CT molecular complexity index is 1080. The molecule has 0 aliphatic carbocycles. The number of carbonyl (C=O) groups is 1. The van der Waals surface area contributed by atoms with Crippen molar-refractivity contribution in [3.05, 3.63) is 61.6 Å². The molecule has 6 nitrogen and oxygen atoms in total. The summed E-state index contributed by atoms with van der Waals surface area (Å²) < 4.78 is 0. The second-order valence-corrected chi connectivity index (χ2v) is 9.87. The number of aryl methyl sites for hydroxylation is 2. The average molecular weight is 467 g/mol. The highest BCUT2D eigenvalue weighted by Crippen LogP contribution is 2.30. The van der Waals surface area contributed by atoms with Crippen LogP contribution in [0.1, 0.15) is 77.0 Å². The smallest absolute Gasteiger partial charge is 0.253 e. The largest absolute Gasteiger partial charge is 0.368 e. The molecule has 186 valence electrons. The number of nitrogens with zero attached hydrogens (tertiary/aromatic N) is 2. The summed E-state index contributed by atoms with van der Waals surface area (Å²) >= 11 is 0. The number of H-pyrrole nitrogens is 1. The third-order valence-electron chi connectivity index (χ3n) is 7.43. The normalized spacial score (nSPS) is 14.9. The van der Waals surface area contributed by atoms with Gasteiger partial charge >= 0.3 is 0 Å². The number of nitrogens with one attached hydrogen (secondary N) is 2. The van der Waals surface area contributed by atoms with Crippen LogP contribution in [0.25, 0.3) is 0 Å². The summed E-state index contributed by atoms with van der Waals surface area (Å²) in [4.78, 5) is 33.9. The first-order valence-corrected chi connectivity index (χ1v) is 12.7. The molecule has 1 saturated heterocycles. The predicted octanol–water partition coefficient (Wildman–Crippen LogP) is 4.41. The zero-order chi connectivity index (χ0) is 25.0. The molecule has 1 aromatic heterocycles. The fourth-order valence-corrected chi connectivity index (χ4v) is 5.27. The number of anilines is 1. The number of pyridine rings is 1. The van der Waals surface area contributed by atoms with Crippen molar-refractivity contribution >= 4 is 11.6 Å². The van der Waals surface area contributed by atoms with Crippen LogP contribution in [0.3, 0.4) is 0 Å². The number of hydrogen-bond acceptors (Lipinski definition) is 4. The van der Waals surface area contributed by atoms with E-state index in [2.05, 4.69) is 54.0 Å². The van der Waals surface area contributed by atoms with E-state index in [-0.39, 0.29) is 18.0 Å². The van der Waals surface area contributed by atoms with Crippen molar-refractivity contribution < 1.29 is 4.79 Å². The van der Waals surface area contributed by atoms with E-state index in [1.807, 2.05) is 26.8 Å². The van der Waals surface area contributed by atoms with E-state index in [4.69, 9.17) is 0 Å². The summed E-state index contributed by atoms with van der Waals surface area (Å²) in [7, 11) is 2.18. The second-order valence-electron chi connectivity index (χ2n) is 9.87. The molecule has 1 fully saturated rings. The lowest BCUT2D eigenvalue weighted by molar-refractivity contribution is 0.0950. The zero-order valence-electron chi connectivity index (χ0n) is 22.1. The minimum atomic E-state index is -0.123. The maximum absolute atomic E-state index is 13.4. The Morgan fingerprint density at radius 1 is 1.09 bits per heavy atom. The van der Waals surface area contributed by atoms with E-state index < -0.39 is 0 Å². The molecule has 0 radical (unpaired) electrons. The van der Waals surface area contributed by atoms with Gasteiger partial charge in [0.1, 0.15) is 0 Å². The van der Waals surface area contributed by atoms with E-state index in [0.717, 1.165) is 79.0 Å². The molecule has 1 aromatic carbocycles. The highest BCUT2D eigenvalue weighted by atomic mass is 16.1. The molecule has 2 heterocycles. The van der Waals surface area contributed by atoms with Crippen LogP contribution in [0.5, 0.6) is 0 Å². The molecule has 2 aromatic rings. The summed E-state index contributed by atoms with van der Waals surface area (Å²) in [6.07, 6.45) is 4.05. The molecule has 0 bridgehead atoms. The Balaban J connectivity index is 1.87. The van der Waals surface area contributed by atoms with E-state index in [0.29, 0.717) is 17.2 Å². The van der Waals surface area contributed by atoms with E-state index in [1.54, 1.807) is 0 Å². The Hall–Kier alpha value is -2.60. The lowest BCUT2D eigenvalue weighted by Crippen LogP contribution is -2.44. The SMILES string of the molecule is CCCc1c(C)c(C)[nH]c(=O)c1CNC(=O)c1cc(C)cc(N(CC)C2CCN(C)CC2)c1C. The molecule has 1 amide bonds. The minimum absolute atomic E-state index is 0.104. The fraction of sp³-hybridized carbons (Fsp3) is 0.571. The lowest BCUT2D eigenvalue weighted by atomic mass is 9.97. The number of aromatic nitrogens is 1. The number of aromatic amines is 1. The van der Waals surface area contributed by atoms with E-state index >= 15 is 0 Å². The van der Waals surface area contributed by atoms with Crippen LogP contribution in [0.4, 0.5) is 5.69 Å². The van der Waals surface area contributed by atoms with Gasteiger partial charge in [0.25, 0.3) is 11.5 Å². The van der Waals surface area contributed by atoms with E-state index in [1.165, 1.54) is 0 Å². The van der Waals surface area contributed by atoms with Crippen molar-refractivity contribution in [2.24, 2.45) is 0 Å². The monoisotopic (exact) mass is 466 g/mol.